The number of carbonyl (C=O) groups excluding carboxylic acids is 2. The highest BCUT2D eigenvalue weighted by Gasteiger charge is 2.29. The first kappa shape index (κ1) is 20.8. The third kappa shape index (κ3) is 4.80. The molecule has 28 heavy (non-hydrogen) atoms. The average molecular weight is 408 g/mol. The Hall–Kier alpha value is -3.53. The van der Waals surface area contributed by atoms with Gasteiger partial charge >= 0.3 is 5.97 Å². The number of methoxy groups -OCH3 is 1. The van der Waals surface area contributed by atoms with Crippen molar-refractivity contribution in [3.8, 4) is 0 Å². The molecule has 0 saturated carbocycles. The monoisotopic (exact) mass is 407 g/mol. The second kappa shape index (κ2) is 8.91. The van der Waals surface area contributed by atoms with Crippen LogP contribution >= 0.6 is 11.6 Å². The zero-order chi connectivity index (χ0) is 20.8. The van der Waals surface area contributed by atoms with Gasteiger partial charge in [-0.25, -0.2) is 4.79 Å². The Bertz CT molecular complexity index is 899. The van der Waals surface area contributed by atoms with Crippen molar-refractivity contribution in [1.82, 2.24) is 5.32 Å². The van der Waals surface area contributed by atoms with Gasteiger partial charge in [0, 0.05) is 18.6 Å². The van der Waals surface area contributed by atoms with Gasteiger partial charge in [0.15, 0.2) is 5.02 Å². The molecule has 0 saturated heterocycles. The summed E-state index contributed by atoms with van der Waals surface area (Å²) in [6.45, 7) is 0. The van der Waals surface area contributed by atoms with Crippen molar-refractivity contribution in [2.45, 2.75) is 12.5 Å². The van der Waals surface area contributed by atoms with E-state index >= 15 is 0 Å². The first-order valence-corrected chi connectivity index (χ1v) is 8.17. The SMILES string of the molecule is COC(=O)[C@@H](Cc1ccccc1)NC(=O)c1cc([N+](=O)[O-])c(Cl)c([N+](=O)[O-])c1. The van der Waals surface area contributed by atoms with Crippen molar-refractivity contribution in [2.24, 2.45) is 0 Å². The fraction of sp³-hybridized carbons (Fsp3) is 0.176. The number of benzene rings is 2. The molecule has 1 N–H and O–H groups in total. The summed E-state index contributed by atoms with van der Waals surface area (Å²) in [5.41, 5.74) is -1.24. The Balaban J connectivity index is 2.36. The summed E-state index contributed by atoms with van der Waals surface area (Å²) >= 11 is 5.67. The van der Waals surface area contributed by atoms with E-state index in [-0.39, 0.29) is 12.0 Å². The average Bonchev–Trinajstić information content (AvgIpc) is 2.67. The van der Waals surface area contributed by atoms with Crippen molar-refractivity contribution in [1.29, 1.82) is 0 Å². The molecular weight excluding hydrogens is 394 g/mol. The quantitative estimate of drug-likeness (QED) is 0.422. The first-order chi connectivity index (χ1) is 13.2. The van der Waals surface area contributed by atoms with Crippen molar-refractivity contribution in [3.05, 3.63) is 78.8 Å². The highest BCUT2D eigenvalue weighted by Crippen LogP contribution is 2.34. The van der Waals surface area contributed by atoms with Gasteiger partial charge in [0.05, 0.1) is 22.5 Å². The van der Waals surface area contributed by atoms with E-state index in [2.05, 4.69) is 10.1 Å². The number of esters is 1. The summed E-state index contributed by atoms with van der Waals surface area (Å²) in [5, 5.41) is 23.9. The summed E-state index contributed by atoms with van der Waals surface area (Å²) in [4.78, 5) is 44.8. The van der Waals surface area contributed by atoms with Gasteiger partial charge in [-0.15, -0.1) is 0 Å². The highest BCUT2D eigenvalue weighted by atomic mass is 35.5. The molecule has 0 bridgehead atoms. The zero-order valence-corrected chi connectivity index (χ0v) is 15.2. The van der Waals surface area contributed by atoms with Gasteiger partial charge in [0.2, 0.25) is 0 Å². The van der Waals surface area contributed by atoms with E-state index in [1.165, 1.54) is 0 Å². The number of halogens is 1. The van der Waals surface area contributed by atoms with Crippen molar-refractivity contribution < 1.29 is 24.2 Å². The number of nitro groups is 2. The van der Waals surface area contributed by atoms with Crippen molar-refractivity contribution in [2.75, 3.05) is 7.11 Å². The van der Waals surface area contributed by atoms with Gasteiger partial charge < -0.3 is 10.1 Å². The third-order valence-corrected chi connectivity index (χ3v) is 4.15. The summed E-state index contributed by atoms with van der Waals surface area (Å²) in [6, 6.07) is 9.26. The molecule has 11 heteroatoms. The molecule has 0 spiro atoms. The molecule has 0 aliphatic rings. The normalized spacial score (nSPS) is 11.4. The molecule has 0 fully saturated rings. The number of hydrogen-bond acceptors (Lipinski definition) is 7. The van der Waals surface area contributed by atoms with E-state index in [0.717, 1.165) is 24.8 Å². The van der Waals surface area contributed by atoms with Crippen LogP contribution < -0.4 is 5.32 Å². The van der Waals surface area contributed by atoms with Crippen molar-refractivity contribution in [3.63, 3.8) is 0 Å². The molecule has 10 nitrogen and oxygen atoms in total. The van der Waals surface area contributed by atoms with Gasteiger partial charge in [-0.2, -0.15) is 0 Å². The Morgan fingerprint density at radius 1 is 1.11 bits per heavy atom. The molecule has 0 aliphatic heterocycles. The van der Waals surface area contributed by atoms with E-state index in [1.54, 1.807) is 30.3 Å². The Labute approximate surface area is 163 Å². The van der Waals surface area contributed by atoms with Crippen LogP contribution in [0.3, 0.4) is 0 Å². The molecule has 0 unspecified atom stereocenters. The minimum absolute atomic E-state index is 0.0943. The molecule has 0 radical (unpaired) electrons. The van der Waals surface area contributed by atoms with Crippen LogP contribution in [0.2, 0.25) is 5.02 Å². The van der Waals surface area contributed by atoms with E-state index in [9.17, 15) is 29.8 Å². The Morgan fingerprint density at radius 2 is 1.64 bits per heavy atom. The van der Waals surface area contributed by atoms with Crippen LogP contribution in [-0.2, 0) is 16.0 Å². The van der Waals surface area contributed by atoms with Crippen LogP contribution in [0.25, 0.3) is 0 Å². The van der Waals surface area contributed by atoms with E-state index in [1.807, 2.05) is 0 Å². The summed E-state index contributed by atoms with van der Waals surface area (Å²) in [7, 11) is 1.14. The number of ether oxygens (including phenoxy) is 1. The van der Waals surface area contributed by atoms with Crippen LogP contribution in [0.4, 0.5) is 11.4 Å². The number of amides is 1. The van der Waals surface area contributed by atoms with Gasteiger partial charge in [-0.05, 0) is 5.56 Å². The van der Waals surface area contributed by atoms with E-state index < -0.39 is 44.2 Å². The topological polar surface area (TPSA) is 142 Å². The number of nitro benzene ring substituents is 2. The van der Waals surface area contributed by atoms with E-state index in [0.29, 0.717) is 0 Å². The number of carbonyl (C=O) groups is 2. The molecular formula is C17H14ClN3O7. The largest absolute Gasteiger partial charge is 0.467 e. The fourth-order valence-corrected chi connectivity index (χ4v) is 2.67. The maximum absolute atomic E-state index is 12.5. The lowest BCUT2D eigenvalue weighted by molar-refractivity contribution is -0.393. The zero-order valence-electron chi connectivity index (χ0n) is 14.5. The lowest BCUT2D eigenvalue weighted by Gasteiger charge is -2.16. The van der Waals surface area contributed by atoms with Crippen molar-refractivity contribution >= 4 is 34.9 Å². The lowest BCUT2D eigenvalue weighted by atomic mass is 10.1. The van der Waals surface area contributed by atoms with Gasteiger partial charge in [-0.3, -0.25) is 25.0 Å². The molecule has 2 aromatic carbocycles. The molecule has 0 heterocycles. The number of rotatable bonds is 7. The van der Waals surface area contributed by atoms with Gasteiger partial charge in [0.1, 0.15) is 6.04 Å². The van der Waals surface area contributed by atoms with Gasteiger partial charge in [-0.1, -0.05) is 41.9 Å². The molecule has 0 aliphatic carbocycles. The summed E-state index contributed by atoms with van der Waals surface area (Å²) in [6.07, 6.45) is 0.0943. The van der Waals surface area contributed by atoms with Gasteiger partial charge in [0.25, 0.3) is 17.3 Å². The summed E-state index contributed by atoms with van der Waals surface area (Å²) < 4.78 is 4.67. The Morgan fingerprint density at radius 3 is 2.11 bits per heavy atom. The lowest BCUT2D eigenvalue weighted by Crippen LogP contribution is -2.43. The van der Waals surface area contributed by atoms with E-state index in [4.69, 9.17) is 11.6 Å². The number of hydrogen-bond donors (Lipinski definition) is 1. The standard InChI is InChI=1S/C17H14ClN3O7/c1-28-17(23)12(7-10-5-3-2-4-6-10)19-16(22)11-8-13(20(24)25)15(18)14(9-11)21(26)27/h2-6,8-9,12H,7H2,1H3,(H,19,22)/t12-/m1/s1. The predicted octanol–water partition coefficient (Wildman–Crippen LogP) is 2.67. The summed E-state index contributed by atoms with van der Waals surface area (Å²) in [5.74, 6) is -1.66. The molecule has 2 aromatic rings. The number of nitrogens with zero attached hydrogens (tertiary/aromatic N) is 2. The van der Waals surface area contributed by atoms with Crippen LogP contribution in [0.5, 0.6) is 0 Å². The Kier molecular flexibility index (Phi) is 6.61. The molecule has 1 amide bonds. The van der Waals surface area contributed by atoms with Crippen LogP contribution in [0.1, 0.15) is 15.9 Å². The van der Waals surface area contributed by atoms with Crippen LogP contribution in [0.15, 0.2) is 42.5 Å². The molecule has 146 valence electrons. The minimum atomic E-state index is -1.10. The minimum Gasteiger partial charge on any atom is -0.467 e. The fourth-order valence-electron chi connectivity index (χ4n) is 2.42. The molecule has 0 aromatic heterocycles. The third-order valence-electron chi connectivity index (χ3n) is 3.76. The molecule has 2 rings (SSSR count). The first-order valence-electron chi connectivity index (χ1n) is 7.79. The van der Waals surface area contributed by atoms with Crippen LogP contribution in [-0.4, -0.2) is 34.9 Å². The maximum atomic E-state index is 12.5. The number of nitrogens with one attached hydrogen (secondary N) is 1. The second-order valence-corrected chi connectivity index (χ2v) is 5.96. The maximum Gasteiger partial charge on any atom is 0.328 e. The van der Waals surface area contributed by atoms with Crippen LogP contribution in [0, 0.1) is 20.2 Å². The molecule has 1 atom stereocenters. The highest BCUT2D eigenvalue weighted by molar-refractivity contribution is 6.35. The predicted molar refractivity (Wildman–Crippen MR) is 98.2 cm³/mol. The smallest absolute Gasteiger partial charge is 0.328 e. The second-order valence-electron chi connectivity index (χ2n) is 5.58.